The van der Waals surface area contributed by atoms with Gasteiger partial charge in [0.15, 0.2) is 0 Å². The van der Waals surface area contributed by atoms with Gasteiger partial charge < -0.3 is 4.74 Å². The number of nitrogens with zero attached hydrogens (tertiary/aromatic N) is 1. The normalized spacial score (nSPS) is 18.8. The number of imide groups is 1. The first-order valence-electron chi connectivity index (χ1n) is 9.37. The molecule has 0 aromatic heterocycles. The van der Waals surface area contributed by atoms with Crippen LogP contribution in [-0.2, 0) is 9.53 Å². The van der Waals surface area contributed by atoms with E-state index in [0.29, 0.717) is 26.5 Å². The van der Waals surface area contributed by atoms with Crippen LogP contribution in [-0.4, -0.2) is 34.8 Å². The number of amides is 2. The molecule has 0 saturated heterocycles. The molecule has 1 saturated carbocycles. The Labute approximate surface area is 176 Å². The number of hydrogen-bond donors (Lipinski definition) is 0. The number of esters is 1. The molecule has 1 aliphatic heterocycles. The topological polar surface area (TPSA) is 63.7 Å². The fraction of sp³-hybridized carbons (Fsp3) is 0.550. The maximum absolute atomic E-state index is 13.0. The molecule has 2 amide bonds. The van der Waals surface area contributed by atoms with Gasteiger partial charge in [0.1, 0.15) is 12.1 Å². The lowest BCUT2D eigenvalue weighted by atomic mass is 9.97. The number of hydrogen-bond acceptors (Lipinski definition) is 4. The molecule has 0 unspecified atom stereocenters. The van der Waals surface area contributed by atoms with Crippen molar-refractivity contribution in [1.29, 1.82) is 0 Å². The monoisotopic (exact) mass is 499 g/mol. The largest absolute Gasteiger partial charge is 0.461 e. The van der Waals surface area contributed by atoms with Gasteiger partial charge in [-0.15, -0.1) is 0 Å². The molecule has 1 fully saturated rings. The van der Waals surface area contributed by atoms with E-state index in [9.17, 15) is 14.4 Å². The molecule has 0 spiro atoms. The molecule has 1 aromatic rings. The van der Waals surface area contributed by atoms with Crippen molar-refractivity contribution in [2.24, 2.45) is 5.92 Å². The van der Waals surface area contributed by atoms with Crippen molar-refractivity contribution in [1.82, 2.24) is 4.90 Å². The Hall–Kier alpha value is -1.21. The molecule has 0 bridgehead atoms. The van der Waals surface area contributed by atoms with E-state index in [-0.39, 0.29) is 12.0 Å². The molecule has 5 nitrogen and oxygen atoms in total. The zero-order valence-corrected chi connectivity index (χ0v) is 18.6. The average Bonchev–Trinajstić information content (AvgIpc) is 2.85. The number of ether oxygens (including phenoxy) is 1. The molecule has 1 aromatic carbocycles. The Morgan fingerprint density at radius 3 is 2.07 bits per heavy atom. The number of fused-ring (bicyclic) bond motifs is 1. The van der Waals surface area contributed by atoms with Gasteiger partial charge in [-0.1, -0.05) is 20.3 Å². The summed E-state index contributed by atoms with van der Waals surface area (Å²) >= 11 is 6.74. The molecular formula is C20H23Br2NO4. The standard InChI is InChI=1S/C20H23Br2NO4/c1-11(2)8-17(20(26)27-12-6-4-3-5-7-12)23-18(24)13-9-15(21)16(22)10-14(13)19(23)25/h9-12,17H,3-8H2,1-2H3/t17-/m0/s1. The van der Waals surface area contributed by atoms with E-state index in [0.717, 1.165) is 37.0 Å². The van der Waals surface area contributed by atoms with Crippen molar-refractivity contribution < 1.29 is 19.1 Å². The van der Waals surface area contributed by atoms with E-state index >= 15 is 0 Å². The highest BCUT2D eigenvalue weighted by Crippen LogP contribution is 2.34. The van der Waals surface area contributed by atoms with Crippen molar-refractivity contribution in [2.75, 3.05) is 0 Å². The summed E-state index contributed by atoms with van der Waals surface area (Å²) in [6, 6.07) is 2.36. The Morgan fingerprint density at radius 1 is 1.07 bits per heavy atom. The maximum atomic E-state index is 13.0. The van der Waals surface area contributed by atoms with Crippen LogP contribution in [0.15, 0.2) is 21.1 Å². The fourth-order valence-corrected chi connectivity index (χ4v) is 4.40. The van der Waals surface area contributed by atoms with Crippen molar-refractivity contribution >= 4 is 49.6 Å². The van der Waals surface area contributed by atoms with Crippen LogP contribution < -0.4 is 0 Å². The van der Waals surface area contributed by atoms with Gasteiger partial charge in [-0.05, 0) is 82.0 Å². The highest BCUT2D eigenvalue weighted by atomic mass is 79.9. The number of carbonyl (C=O) groups excluding carboxylic acids is 3. The Bertz CT molecular complexity index is 730. The summed E-state index contributed by atoms with van der Waals surface area (Å²) in [5.41, 5.74) is 0.628. The summed E-state index contributed by atoms with van der Waals surface area (Å²) in [5, 5.41) is 0. The predicted molar refractivity (Wildman–Crippen MR) is 109 cm³/mol. The van der Waals surface area contributed by atoms with E-state index in [1.807, 2.05) is 13.8 Å². The number of halogens is 2. The van der Waals surface area contributed by atoms with Crippen LogP contribution in [0.4, 0.5) is 0 Å². The van der Waals surface area contributed by atoms with Gasteiger partial charge in [-0.25, -0.2) is 4.79 Å². The van der Waals surface area contributed by atoms with E-state index < -0.39 is 23.8 Å². The molecule has 1 atom stereocenters. The van der Waals surface area contributed by atoms with Crippen LogP contribution >= 0.6 is 31.9 Å². The first kappa shape index (κ1) is 20.5. The van der Waals surface area contributed by atoms with E-state index in [1.54, 1.807) is 12.1 Å². The molecule has 1 heterocycles. The summed E-state index contributed by atoms with van der Waals surface area (Å²) in [5.74, 6) is -1.20. The highest BCUT2D eigenvalue weighted by Gasteiger charge is 2.44. The van der Waals surface area contributed by atoms with Crippen molar-refractivity contribution in [3.05, 3.63) is 32.2 Å². The first-order chi connectivity index (χ1) is 12.8. The third-order valence-corrected chi connectivity index (χ3v) is 6.92. The average molecular weight is 501 g/mol. The molecule has 1 aliphatic carbocycles. The number of rotatable bonds is 5. The lowest BCUT2D eigenvalue weighted by Crippen LogP contribution is -2.47. The van der Waals surface area contributed by atoms with Crippen LogP contribution in [0.25, 0.3) is 0 Å². The smallest absolute Gasteiger partial charge is 0.329 e. The van der Waals surface area contributed by atoms with Crippen molar-refractivity contribution in [3.8, 4) is 0 Å². The summed E-state index contributed by atoms with van der Waals surface area (Å²) < 4.78 is 7.08. The Kier molecular flexibility index (Phi) is 6.41. The Balaban J connectivity index is 1.87. The van der Waals surface area contributed by atoms with E-state index in [4.69, 9.17) is 4.74 Å². The zero-order valence-electron chi connectivity index (χ0n) is 15.5. The molecule has 146 valence electrons. The summed E-state index contributed by atoms with van der Waals surface area (Å²) in [4.78, 5) is 39.9. The van der Waals surface area contributed by atoms with Gasteiger partial charge in [-0.2, -0.15) is 0 Å². The lowest BCUT2D eigenvalue weighted by Gasteiger charge is -2.29. The van der Waals surface area contributed by atoms with Crippen LogP contribution in [0.1, 0.15) is 73.1 Å². The van der Waals surface area contributed by atoms with Crippen LogP contribution in [0.2, 0.25) is 0 Å². The third-order valence-electron chi connectivity index (χ3n) is 5.07. The summed E-state index contributed by atoms with van der Waals surface area (Å²) in [7, 11) is 0. The van der Waals surface area contributed by atoms with Crippen molar-refractivity contribution in [3.63, 3.8) is 0 Å². The molecular weight excluding hydrogens is 478 g/mol. The second-order valence-corrected chi connectivity index (χ2v) is 9.34. The third kappa shape index (κ3) is 4.29. The van der Waals surface area contributed by atoms with Gasteiger partial charge in [0.2, 0.25) is 0 Å². The molecule has 3 rings (SSSR count). The van der Waals surface area contributed by atoms with Gasteiger partial charge in [0, 0.05) is 8.95 Å². The second kappa shape index (κ2) is 8.43. The van der Waals surface area contributed by atoms with E-state index in [2.05, 4.69) is 31.9 Å². The zero-order chi connectivity index (χ0) is 19.7. The first-order valence-corrected chi connectivity index (χ1v) is 11.0. The minimum Gasteiger partial charge on any atom is -0.461 e. The van der Waals surface area contributed by atoms with Crippen LogP contribution in [0.3, 0.4) is 0 Å². The molecule has 27 heavy (non-hydrogen) atoms. The molecule has 0 N–H and O–H groups in total. The second-order valence-electron chi connectivity index (χ2n) is 7.63. The quantitative estimate of drug-likeness (QED) is 0.416. The SMILES string of the molecule is CC(C)C[C@@H](C(=O)OC1CCCCC1)N1C(=O)c2cc(Br)c(Br)cc2C1=O. The molecule has 2 aliphatic rings. The molecule has 7 heteroatoms. The minimum atomic E-state index is -0.892. The maximum Gasteiger partial charge on any atom is 0.329 e. The number of benzene rings is 1. The van der Waals surface area contributed by atoms with E-state index in [1.165, 1.54) is 0 Å². The van der Waals surface area contributed by atoms with Gasteiger partial charge in [-0.3, -0.25) is 14.5 Å². The van der Waals surface area contributed by atoms with Crippen LogP contribution in [0, 0.1) is 5.92 Å². The lowest BCUT2D eigenvalue weighted by molar-refractivity contribution is -0.155. The Morgan fingerprint density at radius 2 is 1.59 bits per heavy atom. The predicted octanol–water partition coefficient (Wildman–Crippen LogP) is 5.10. The van der Waals surface area contributed by atoms with Gasteiger partial charge in [0.25, 0.3) is 11.8 Å². The summed E-state index contributed by atoms with van der Waals surface area (Å²) in [6.45, 7) is 3.93. The highest BCUT2D eigenvalue weighted by molar-refractivity contribution is 9.13. The minimum absolute atomic E-state index is 0.112. The van der Waals surface area contributed by atoms with Crippen LogP contribution in [0.5, 0.6) is 0 Å². The summed E-state index contributed by atoms with van der Waals surface area (Å²) in [6.07, 6.45) is 5.22. The van der Waals surface area contributed by atoms with Gasteiger partial charge >= 0.3 is 5.97 Å². The number of carbonyl (C=O) groups is 3. The molecule has 0 radical (unpaired) electrons. The fourth-order valence-electron chi connectivity index (χ4n) is 3.71. The van der Waals surface area contributed by atoms with Gasteiger partial charge in [0.05, 0.1) is 11.1 Å². The van der Waals surface area contributed by atoms with Crippen molar-refractivity contribution in [2.45, 2.75) is 64.5 Å².